The number of rotatable bonds is 6. The Hall–Kier alpha value is -0.340. The van der Waals surface area contributed by atoms with Gasteiger partial charge in [0.15, 0.2) is 0 Å². The number of halogens is 1. The molecule has 0 amide bonds. The molecule has 1 N–H and O–H groups in total. The molecule has 0 bridgehead atoms. The van der Waals surface area contributed by atoms with Gasteiger partial charge in [-0.25, -0.2) is 0 Å². The molecule has 0 aliphatic rings. The molecule has 1 unspecified atom stereocenters. The fourth-order valence-corrected chi connectivity index (χ4v) is 2.23. The van der Waals surface area contributed by atoms with Crippen molar-refractivity contribution in [1.29, 1.82) is 0 Å². The van der Waals surface area contributed by atoms with Crippen LogP contribution in [0, 0.1) is 6.92 Å². The van der Waals surface area contributed by atoms with Crippen molar-refractivity contribution >= 4 is 15.9 Å². The predicted molar refractivity (Wildman–Crippen MR) is 74.7 cm³/mol. The van der Waals surface area contributed by atoms with Gasteiger partial charge in [-0.1, -0.05) is 48.3 Å². The summed E-state index contributed by atoms with van der Waals surface area (Å²) in [6.07, 6.45) is 3.73. The van der Waals surface area contributed by atoms with Crippen LogP contribution in [-0.4, -0.2) is 6.04 Å². The van der Waals surface area contributed by atoms with E-state index in [0.717, 1.165) is 6.54 Å². The minimum absolute atomic E-state index is 0.657. The second-order valence-electron chi connectivity index (χ2n) is 4.36. The predicted octanol–water partition coefficient (Wildman–Crippen LogP) is 4.43. The minimum Gasteiger partial charge on any atom is -0.310 e. The largest absolute Gasteiger partial charge is 0.310 e. The molecule has 0 spiro atoms. The van der Waals surface area contributed by atoms with Crippen LogP contribution in [-0.2, 0) is 6.54 Å². The summed E-state index contributed by atoms with van der Waals surface area (Å²) in [5.74, 6) is 0. The van der Waals surface area contributed by atoms with Crippen LogP contribution < -0.4 is 5.32 Å². The lowest BCUT2D eigenvalue weighted by Gasteiger charge is -2.16. The van der Waals surface area contributed by atoms with E-state index in [9.17, 15) is 0 Å². The summed E-state index contributed by atoms with van der Waals surface area (Å²) in [7, 11) is 0. The van der Waals surface area contributed by atoms with Gasteiger partial charge in [0.2, 0.25) is 0 Å². The fourth-order valence-electron chi connectivity index (χ4n) is 1.81. The third kappa shape index (κ3) is 4.26. The Morgan fingerprint density at radius 1 is 1.31 bits per heavy atom. The van der Waals surface area contributed by atoms with Crippen LogP contribution in [0.25, 0.3) is 0 Å². The maximum absolute atomic E-state index is 3.61. The molecule has 1 aromatic rings. The first-order chi connectivity index (χ1) is 7.67. The summed E-state index contributed by atoms with van der Waals surface area (Å²) < 4.78 is 1.20. The molecule has 16 heavy (non-hydrogen) atoms. The van der Waals surface area contributed by atoms with Gasteiger partial charge in [-0.2, -0.15) is 0 Å². The third-order valence-electron chi connectivity index (χ3n) is 2.96. The maximum atomic E-state index is 3.61. The second-order valence-corrected chi connectivity index (χ2v) is 5.21. The Kier molecular flexibility index (Phi) is 6.07. The van der Waals surface area contributed by atoms with Gasteiger partial charge in [0.1, 0.15) is 0 Å². The number of benzene rings is 1. The molecule has 1 rings (SSSR count). The van der Waals surface area contributed by atoms with Crippen LogP contribution in [0.4, 0.5) is 0 Å². The molecule has 0 aliphatic carbocycles. The normalized spacial score (nSPS) is 12.8. The molecule has 90 valence electrons. The van der Waals surface area contributed by atoms with Gasteiger partial charge < -0.3 is 5.32 Å². The molecule has 1 atom stereocenters. The first kappa shape index (κ1) is 13.7. The Morgan fingerprint density at radius 2 is 2.06 bits per heavy atom. The van der Waals surface area contributed by atoms with Crippen LogP contribution in [0.5, 0.6) is 0 Å². The Balaban J connectivity index is 2.50. The first-order valence-corrected chi connectivity index (χ1v) is 6.95. The number of hydrogen-bond donors (Lipinski definition) is 1. The SMILES string of the molecule is CCCC(CC)NCc1ccc(C)c(Br)c1. The summed E-state index contributed by atoms with van der Waals surface area (Å²) in [5, 5.41) is 3.61. The summed E-state index contributed by atoms with van der Waals surface area (Å²) in [4.78, 5) is 0. The fraction of sp³-hybridized carbons (Fsp3) is 0.571. The first-order valence-electron chi connectivity index (χ1n) is 6.15. The van der Waals surface area contributed by atoms with Crippen molar-refractivity contribution in [3.8, 4) is 0 Å². The molecule has 2 heteroatoms. The molecule has 1 nitrogen and oxygen atoms in total. The summed E-state index contributed by atoms with van der Waals surface area (Å²) >= 11 is 3.57. The van der Waals surface area contributed by atoms with Gasteiger partial charge in [0.25, 0.3) is 0 Å². The zero-order chi connectivity index (χ0) is 12.0. The quantitative estimate of drug-likeness (QED) is 0.815. The van der Waals surface area contributed by atoms with Gasteiger partial charge in [-0.15, -0.1) is 0 Å². The van der Waals surface area contributed by atoms with Crippen molar-refractivity contribution in [1.82, 2.24) is 5.32 Å². The van der Waals surface area contributed by atoms with Gasteiger partial charge >= 0.3 is 0 Å². The van der Waals surface area contributed by atoms with Crippen molar-refractivity contribution in [2.75, 3.05) is 0 Å². The van der Waals surface area contributed by atoms with Crippen molar-refractivity contribution < 1.29 is 0 Å². The van der Waals surface area contributed by atoms with Crippen LogP contribution in [0.15, 0.2) is 22.7 Å². The van der Waals surface area contributed by atoms with E-state index in [0.29, 0.717) is 6.04 Å². The molecular formula is C14H22BrN. The van der Waals surface area contributed by atoms with Crippen LogP contribution >= 0.6 is 15.9 Å². The standard InChI is InChI=1S/C14H22BrN/c1-4-6-13(5-2)16-10-12-8-7-11(3)14(15)9-12/h7-9,13,16H,4-6,10H2,1-3H3. The molecule has 0 heterocycles. The topological polar surface area (TPSA) is 12.0 Å². The van der Waals surface area contributed by atoms with E-state index in [4.69, 9.17) is 0 Å². The van der Waals surface area contributed by atoms with Gasteiger partial charge in [-0.3, -0.25) is 0 Å². The van der Waals surface area contributed by atoms with E-state index in [-0.39, 0.29) is 0 Å². The number of hydrogen-bond acceptors (Lipinski definition) is 1. The molecule has 0 saturated heterocycles. The Bertz CT molecular complexity index is 323. The summed E-state index contributed by atoms with van der Waals surface area (Å²) in [6, 6.07) is 7.24. The lowest BCUT2D eigenvalue weighted by atomic mass is 10.1. The highest BCUT2D eigenvalue weighted by Crippen LogP contribution is 2.17. The highest BCUT2D eigenvalue weighted by molar-refractivity contribution is 9.10. The van der Waals surface area contributed by atoms with E-state index >= 15 is 0 Å². The molecule has 0 aliphatic heterocycles. The maximum Gasteiger partial charge on any atom is 0.0208 e. The van der Waals surface area contributed by atoms with E-state index in [1.807, 2.05) is 0 Å². The average molecular weight is 284 g/mol. The monoisotopic (exact) mass is 283 g/mol. The molecule has 0 aromatic heterocycles. The molecule has 0 radical (unpaired) electrons. The summed E-state index contributed by atoms with van der Waals surface area (Å²) in [6.45, 7) is 7.58. The highest BCUT2D eigenvalue weighted by atomic mass is 79.9. The van der Waals surface area contributed by atoms with Gasteiger partial charge in [0.05, 0.1) is 0 Å². The van der Waals surface area contributed by atoms with Crippen molar-refractivity contribution in [3.63, 3.8) is 0 Å². The van der Waals surface area contributed by atoms with Crippen molar-refractivity contribution in [2.24, 2.45) is 0 Å². The number of nitrogens with one attached hydrogen (secondary N) is 1. The van der Waals surface area contributed by atoms with Crippen LogP contribution in [0.3, 0.4) is 0 Å². The zero-order valence-electron chi connectivity index (χ0n) is 10.5. The van der Waals surface area contributed by atoms with Crippen LogP contribution in [0.2, 0.25) is 0 Å². The minimum atomic E-state index is 0.657. The lowest BCUT2D eigenvalue weighted by Crippen LogP contribution is -2.27. The molecule has 1 aromatic carbocycles. The average Bonchev–Trinajstić information content (AvgIpc) is 2.28. The zero-order valence-corrected chi connectivity index (χ0v) is 12.1. The molecule has 0 fully saturated rings. The highest BCUT2D eigenvalue weighted by Gasteiger charge is 2.04. The van der Waals surface area contributed by atoms with Gasteiger partial charge in [-0.05, 0) is 37.0 Å². The third-order valence-corrected chi connectivity index (χ3v) is 3.82. The Morgan fingerprint density at radius 3 is 2.62 bits per heavy atom. The lowest BCUT2D eigenvalue weighted by molar-refractivity contribution is 0.462. The van der Waals surface area contributed by atoms with E-state index in [1.54, 1.807) is 0 Å². The van der Waals surface area contributed by atoms with Crippen molar-refractivity contribution in [2.45, 2.75) is 52.6 Å². The molecule has 0 saturated carbocycles. The van der Waals surface area contributed by atoms with Crippen LogP contribution in [0.1, 0.15) is 44.2 Å². The molecular weight excluding hydrogens is 262 g/mol. The van der Waals surface area contributed by atoms with E-state index in [2.05, 4.69) is 60.2 Å². The summed E-state index contributed by atoms with van der Waals surface area (Å²) in [5.41, 5.74) is 2.65. The smallest absolute Gasteiger partial charge is 0.0208 e. The van der Waals surface area contributed by atoms with E-state index in [1.165, 1.54) is 34.9 Å². The van der Waals surface area contributed by atoms with E-state index < -0.39 is 0 Å². The van der Waals surface area contributed by atoms with Crippen molar-refractivity contribution in [3.05, 3.63) is 33.8 Å². The van der Waals surface area contributed by atoms with Gasteiger partial charge in [0, 0.05) is 17.1 Å². The second kappa shape index (κ2) is 7.08. The number of aryl methyl sites for hydroxylation is 1. The Labute approximate surface area is 108 Å².